The van der Waals surface area contributed by atoms with Gasteiger partial charge in [0.25, 0.3) is 0 Å². The molecule has 1 heterocycles. The summed E-state index contributed by atoms with van der Waals surface area (Å²) >= 11 is 0. The number of carbonyl (C=O) groups excluding carboxylic acids is 1. The summed E-state index contributed by atoms with van der Waals surface area (Å²) in [7, 11) is -3.46. The Morgan fingerprint density at radius 3 is 2.25 bits per heavy atom. The van der Waals surface area contributed by atoms with Gasteiger partial charge in [0.15, 0.2) is 14.6 Å². The Balaban J connectivity index is 0.00000200. The van der Waals surface area contributed by atoms with Crippen molar-refractivity contribution in [3.8, 4) is 0 Å². The molecule has 1 amide bonds. The highest BCUT2D eigenvalue weighted by atomic mass is 35.5. The lowest BCUT2D eigenvalue weighted by Gasteiger charge is -2.34. The van der Waals surface area contributed by atoms with Crippen LogP contribution >= 0.6 is 12.4 Å². The van der Waals surface area contributed by atoms with Crippen LogP contribution in [0.3, 0.4) is 0 Å². The number of rotatable bonds is 3. The molecule has 20 heavy (non-hydrogen) atoms. The van der Waals surface area contributed by atoms with Gasteiger partial charge in [0.05, 0.1) is 0 Å². The van der Waals surface area contributed by atoms with Gasteiger partial charge in [0.1, 0.15) is 0 Å². The molecule has 1 saturated heterocycles. The summed E-state index contributed by atoms with van der Waals surface area (Å²) in [4.78, 5) is 12.4. The quantitative estimate of drug-likeness (QED) is 0.878. The highest BCUT2D eigenvalue weighted by molar-refractivity contribution is 7.92. The molecule has 1 aliphatic rings. The summed E-state index contributed by atoms with van der Waals surface area (Å²) in [5.41, 5.74) is 0.619. The Morgan fingerprint density at radius 1 is 1.20 bits per heavy atom. The summed E-state index contributed by atoms with van der Waals surface area (Å²) in [6.07, 6.45) is 1.76. The molecule has 5 nitrogen and oxygen atoms in total. The minimum atomic E-state index is -3.46. The van der Waals surface area contributed by atoms with Crippen molar-refractivity contribution in [3.63, 3.8) is 0 Å². The van der Waals surface area contributed by atoms with Gasteiger partial charge in [0.2, 0.25) is 5.91 Å². The van der Waals surface area contributed by atoms with Gasteiger partial charge in [-0.05, 0) is 38.1 Å². The van der Waals surface area contributed by atoms with E-state index in [0.717, 1.165) is 6.26 Å². The van der Waals surface area contributed by atoms with Crippen molar-refractivity contribution in [2.45, 2.75) is 17.6 Å². The zero-order valence-corrected chi connectivity index (χ0v) is 12.9. The van der Waals surface area contributed by atoms with Gasteiger partial charge in [-0.3, -0.25) is 4.79 Å². The highest BCUT2D eigenvalue weighted by Crippen LogP contribution is 2.29. The van der Waals surface area contributed by atoms with Crippen molar-refractivity contribution in [3.05, 3.63) is 30.3 Å². The van der Waals surface area contributed by atoms with E-state index in [-0.39, 0.29) is 12.4 Å². The number of hydrogen-bond donors (Lipinski definition) is 2. The van der Waals surface area contributed by atoms with Crippen LogP contribution < -0.4 is 10.6 Å². The van der Waals surface area contributed by atoms with Crippen LogP contribution in [0.1, 0.15) is 12.8 Å². The van der Waals surface area contributed by atoms with Crippen molar-refractivity contribution in [2.24, 2.45) is 0 Å². The van der Waals surface area contributed by atoms with Gasteiger partial charge in [0, 0.05) is 11.9 Å². The van der Waals surface area contributed by atoms with E-state index in [1.54, 1.807) is 24.3 Å². The maximum Gasteiger partial charge on any atom is 0.245 e. The third kappa shape index (κ3) is 3.31. The van der Waals surface area contributed by atoms with Gasteiger partial charge < -0.3 is 10.6 Å². The molecule has 0 bridgehead atoms. The summed E-state index contributed by atoms with van der Waals surface area (Å²) < 4.78 is 22.8. The Morgan fingerprint density at radius 2 is 1.75 bits per heavy atom. The molecule has 1 aromatic rings. The number of halogens is 1. The van der Waals surface area contributed by atoms with Crippen molar-refractivity contribution >= 4 is 33.8 Å². The molecule has 0 saturated carbocycles. The van der Waals surface area contributed by atoms with Crippen molar-refractivity contribution in [1.29, 1.82) is 0 Å². The van der Waals surface area contributed by atoms with Crippen LogP contribution in [0, 0.1) is 0 Å². The maximum absolute atomic E-state index is 12.4. The predicted octanol–water partition coefficient (Wildman–Crippen LogP) is 1.21. The number of para-hydroxylation sites is 1. The number of sulfone groups is 1. The zero-order valence-electron chi connectivity index (χ0n) is 11.3. The Labute approximate surface area is 125 Å². The second kappa shape index (κ2) is 6.56. The van der Waals surface area contributed by atoms with E-state index in [0.29, 0.717) is 31.6 Å². The lowest BCUT2D eigenvalue weighted by molar-refractivity contribution is -0.119. The number of amides is 1. The van der Waals surface area contributed by atoms with Crippen LogP contribution in [-0.4, -0.2) is 38.4 Å². The van der Waals surface area contributed by atoms with Crippen LogP contribution in [0.5, 0.6) is 0 Å². The monoisotopic (exact) mass is 318 g/mol. The topological polar surface area (TPSA) is 75.3 Å². The van der Waals surface area contributed by atoms with Gasteiger partial charge in [-0.2, -0.15) is 0 Å². The van der Waals surface area contributed by atoms with Crippen LogP contribution in [0.4, 0.5) is 5.69 Å². The van der Waals surface area contributed by atoms with Crippen molar-refractivity contribution in [2.75, 3.05) is 24.7 Å². The SMILES string of the molecule is CS(=O)(=O)C1(C(=O)Nc2ccccc2)CCNCC1.Cl. The number of benzene rings is 1. The Hall–Kier alpha value is -1.11. The molecule has 0 atom stereocenters. The molecule has 0 unspecified atom stereocenters. The molecule has 2 rings (SSSR count). The smallest absolute Gasteiger partial charge is 0.245 e. The fraction of sp³-hybridized carbons (Fsp3) is 0.462. The molecular weight excluding hydrogens is 300 g/mol. The molecule has 0 spiro atoms. The van der Waals surface area contributed by atoms with Crippen LogP contribution in [0.15, 0.2) is 30.3 Å². The fourth-order valence-corrected chi connectivity index (χ4v) is 3.70. The number of nitrogens with one attached hydrogen (secondary N) is 2. The first-order chi connectivity index (χ1) is 8.96. The van der Waals surface area contributed by atoms with E-state index < -0.39 is 20.5 Å². The minimum absolute atomic E-state index is 0. The maximum atomic E-state index is 12.4. The second-order valence-corrected chi connectivity index (χ2v) is 7.16. The Kier molecular flexibility index (Phi) is 5.56. The van der Waals surface area contributed by atoms with Gasteiger partial charge in [-0.1, -0.05) is 18.2 Å². The third-order valence-electron chi connectivity index (χ3n) is 3.57. The first-order valence-electron chi connectivity index (χ1n) is 6.22. The van der Waals surface area contributed by atoms with E-state index in [9.17, 15) is 13.2 Å². The average Bonchev–Trinajstić information content (AvgIpc) is 2.39. The zero-order chi connectivity index (χ0) is 13.9. The van der Waals surface area contributed by atoms with E-state index in [1.165, 1.54) is 0 Å². The largest absolute Gasteiger partial charge is 0.325 e. The predicted molar refractivity (Wildman–Crippen MR) is 82.0 cm³/mol. The lowest BCUT2D eigenvalue weighted by Crippen LogP contribution is -2.55. The van der Waals surface area contributed by atoms with E-state index in [1.807, 2.05) is 6.07 Å². The van der Waals surface area contributed by atoms with Crippen LogP contribution in [0.2, 0.25) is 0 Å². The van der Waals surface area contributed by atoms with Gasteiger partial charge in [-0.15, -0.1) is 12.4 Å². The molecule has 112 valence electrons. The van der Waals surface area contributed by atoms with E-state index >= 15 is 0 Å². The third-order valence-corrected chi connectivity index (χ3v) is 5.58. The summed E-state index contributed by atoms with van der Waals surface area (Å²) in [5.74, 6) is -0.428. The molecule has 0 aliphatic carbocycles. The molecule has 1 aliphatic heterocycles. The van der Waals surface area contributed by atoms with Crippen LogP contribution in [0.25, 0.3) is 0 Å². The van der Waals surface area contributed by atoms with Gasteiger partial charge >= 0.3 is 0 Å². The van der Waals surface area contributed by atoms with E-state index in [2.05, 4.69) is 10.6 Å². The number of carbonyl (C=O) groups is 1. The average molecular weight is 319 g/mol. The molecular formula is C13H19ClN2O3S. The molecule has 2 N–H and O–H groups in total. The normalized spacial score (nSPS) is 17.9. The van der Waals surface area contributed by atoms with Crippen molar-refractivity contribution < 1.29 is 13.2 Å². The summed E-state index contributed by atoms with van der Waals surface area (Å²) in [6, 6.07) is 8.92. The van der Waals surface area contributed by atoms with Gasteiger partial charge in [-0.25, -0.2) is 8.42 Å². The molecule has 1 aromatic carbocycles. The number of hydrogen-bond acceptors (Lipinski definition) is 4. The Bertz CT molecular complexity index is 554. The molecule has 0 radical (unpaired) electrons. The molecule has 0 aromatic heterocycles. The number of piperidine rings is 1. The minimum Gasteiger partial charge on any atom is -0.325 e. The van der Waals surface area contributed by atoms with Crippen LogP contribution in [-0.2, 0) is 14.6 Å². The summed E-state index contributed by atoms with van der Waals surface area (Å²) in [6.45, 7) is 1.07. The standard InChI is InChI=1S/C13H18N2O3S.ClH/c1-19(17,18)13(7-9-14-10-8-13)12(16)15-11-5-3-2-4-6-11;/h2-6,14H,7-10H2,1H3,(H,15,16);1H. The van der Waals surface area contributed by atoms with E-state index in [4.69, 9.17) is 0 Å². The first-order valence-corrected chi connectivity index (χ1v) is 8.12. The second-order valence-electron chi connectivity index (χ2n) is 4.84. The first kappa shape index (κ1) is 16.9. The summed E-state index contributed by atoms with van der Waals surface area (Å²) in [5, 5.41) is 5.80. The molecule has 7 heteroatoms. The molecule has 1 fully saturated rings. The van der Waals surface area contributed by atoms with Crippen molar-refractivity contribution in [1.82, 2.24) is 5.32 Å². The fourth-order valence-electron chi connectivity index (χ4n) is 2.36. The number of anilines is 1. The lowest BCUT2D eigenvalue weighted by atomic mass is 9.95. The highest BCUT2D eigenvalue weighted by Gasteiger charge is 2.48.